The van der Waals surface area contributed by atoms with Crippen molar-refractivity contribution in [3.63, 3.8) is 0 Å². The number of anilines is 1. The van der Waals surface area contributed by atoms with E-state index in [-0.39, 0.29) is 18.0 Å². The molecule has 0 saturated carbocycles. The molecule has 3 rings (SSSR count). The lowest BCUT2D eigenvalue weighted by molar-refractivity contribution is -0.147. The highest BCUT2D eigenvalue weighted by atomic mass is 35.5. The number of urea groups is 1. The second kappa shape index (κ2) is 6.87. The number of nitrogens with zero attached hydrogens (tertiary/aromatic N) is 2. The number of hydrogen-bond acceptors (Lipinski definition) is 2. The van der Waals surface area contributed by atoms with Crippen LogP contribution in [0.15, 0.2) is 18.2 Å². The van der Waals surface area contributed by atoms with Gasteiger partial charge in [-0.2, -0.15) is 0 Å². The third-order valence-corrected chi connectivity index (χ3v) is 5.80. The molecule has 0 bridgehead atoms. The number of para-hydroxylation sites is 1. The molecule has 2 heterocycles. The predicted molar refractivity (Wildman–Crippen MR) is 99.9 cm³/mol. The van der Waals surface area contributed by atoms with Gasteiger partial charge in [0.15, 0.2) is 0 Å². The fourth-order valence-electron chi connectivity index (χ4n) is 3.99. The van der Waals surface area contributed by atoms with Crippen LogP contribution in [0.5, 0.6) is 0 Å². The van der Waals surface area contributed by atoms with Gasteiger partial charge in [0.25, 0.3) is 0 Å². The highest BCUT2D eigenvalue weighted by Gasteiger charge is 2.49. The van der Waals surface area contributed by atoms with Gasteiger partial charge in [0.05, 0.1) is 16.1 Å². The van der Waals surface area contributed by atoms with Crippen molar-refractivity contribution in [2.75, 3.05) is 25.0 Å². The van der Waals surface area contributed by atoms with Crippen LogP contribution in [0.1, 0.15) is 38.7 Å². The van der Waals surface area contributed by atoms with Crippen LogP contribution in [-0.2, 0) is 4.79 Å². The van der Waals surface area contributed by atoms with Crippen LogP contribution in [0.4, 0.5) is 10.5 Å². The minimum Gasteiger partial charge on any atom is -0.340 e. The fourth-order valence-corrected chi connectivity index (χ4v) is 4.26. The van der Waals surface area contributed by atoms with E-state index in [0.717, 1.165) is 31.4 Å². The normalized spacial score (nSPS) is 23.6. The van der Waals surface area contributed by atoms with E-state index in [2.05, 4.69) is 19.2 Å². The molecule has 0 aromatic heterocycles. The first-order valence-corrected chi connectivity index (χ1v) is 9.34. The van der Waals surface area contributed by atoms with Crippen molar-refractivity contribution < 1.29 is 9.59 Å². The number of carbonyl (C=O) groups excluding carboxylic acids is 2. The highest BCUT2D eigenvalue weighted by Crippen LogP contribution is 2.41. The summed E-state index contributed by atoms with van der Waals surface area (Å²) in [5, 5.41) is 3.45. The van der Waals surface area contributed by atoms with E-state index in [0.29, 0.717) is 23.8 Å². The maximum Gasteiger partial charge on any atom is 0.321 e. The third kappa shape index (κ3) is 3.34. The summed E-state index contributed by atoms with van der Waals surface area (Å²) >= 11 is 6.21. The summed E-state index contributed by atoms with van der Waals surface area (Å²) in [5.74, 6) is 0.206. The van der Waals surface area contributed by atoms with E-state index in [1.165, 1.54) is 0 Å². The number of piperidine rings is 1. The molecule has 2 aliphatic heterocycles. The van der Waals surface area contributed by atoms with E-state index in [1.807, 2.05) is 24.0 Å². The molecule has 3 amide bonds. The van der Waals surface area contributed by atoms with E-state index in [1.54, 1.807) is 11.0 Å². The van der Waals surface area contributed by atoms with E-state index < -0.39 is 5.41 Å². The van der Waals surface area contributed by atoms with Gasteiger partial charge in [-0.1, -0.05) is 23.7 Å². The fraction of sp³-hybridized carbons (Fsp3) is 0.579. The number of benzene rings is 1. The Bertz CT molecular complexity index is 671. The zero-order valence-corrected chi connectivity index (χ0v) is 15.9. The summed E-state index contributed by atoms with van der Waals surface area (Å²) in [6, 6.07) is 5.57. The molecule has 6 heteroatoms. The number of hydrogen-bond donors (Lipinski definition) is 1. The Morgan fingerprint density at radius 1 is 1.28 bits per heavy atom. The summed E-state index contributed by atoms with van der Waals surface area (Å²) in [4.78, 5) is 29.4. The monoisotopic (exact) mass is 363 g/mol. The van der Waals surface area contributed by atoms with Gasteiger partial charge in [0.1, 0.15) is 0 Å². The number of amides is 3. The van der Waals surface area contributed by atoms with Gasteiger partial charge >= 0.3 is 6.03 Å². The summed E-state index contributed by atoms with van der Waals surface area (Å²) < 4.78 is 0. The van der Waals surface area contributed by atoms with E-state index >= 15 is 0 Å². The molecule has 5 nitrogen and oxygen atoms in total. The van der Waals surface area contributed by atoms with Crippen molar-refractivity contribution in [1.29, 1.82) is 0 Å². The largest absolute Gasteiger partial charge is 0.340 e. The number of likely N-dealkylation sites (tertiary alicyclic amines) is 2. The zero-order valence-electron chi connectivity index (χ0n) is 15.1. The molecule has 0 aliphatic carbocycles. The average molecular weight is 364 g/mol. The first-order valence-electron chi connectivity index (χ1n) is 8.96. The Morgan fingerprint density at radius 3 is 2.72 bits per heavy atom. The molecular formula is C19H26ClN3O2. The summed E-state index contributed by atoms with van der Waals surface area (Å²) in [5.41, 5.74) is 1.17. The average Bonchev–Trinajstić information content (AvgIpc) is 2.99. The Morgan fingerprint density at radius 2 is 2.04 bits per heavy atom. The van der Waals surface area contributed by atoms with Gasteiger partial charge in [-0.15, -0.1) is 0 Å². The van der Waals surface area contributed by atoms with Gasteiger partial charge in [0.2, 0.25) is 5.91 Å². The number of halogens is 1. The minimum atomic E-state index is -0.407. The van der Waals surface area contributed by atoms with Crippen molar-refractivity contribution in [3.8, 4) is 0 Å². The van der Waals surface area contributed by atoms with Crippen LogP contribution in [0.2, 0.25) is 5.02 Å². The van der Waals surface area contributed by atoms with Gasteiger partial charge in [-0.3, -0.25) is 4.79 Å². The first-order chi connectivity index (χ1) is 11.8. The molecule has 1 atom stereocenters. The molecule has 1 aromatic rings. The smallest absolute Gasteiger partial charge is 0.321 e. The lowest BCUT2D eigenvalue weighted by Gasteiger charge is -2.41. The minimum absolute atomic E-state index is 0.178. The van der Waals surface area contributed by atoms with Crippen molar-refractivity contribution >= 4 is 29.2 Å². The molecule has 1 aromatic carbocycles. The second-order valence-electron chi connectivity index (χ2n) is 7.51. The molecule has 1 N–H and O–H groups in total. The van der Waals surface area contributed by atoms with E-state index in [9.17, 15) is 9.59 Å². The Balaban J connectivity index is 1.72. The van der Waals surface area contributed by atoms with Crippen molar-refractivity contribution in [1.82, 2.24) is 9.80 Å². The number of carbonyl (C=O) groups is 2. The third-order valence-electron chi connectivity index (χ3n) is 5.49. The maximum atomic E-state index is 13.0. The number of nitrogens with one attached hydrogen (secondary N) is 1. The quantitative estimate of drug-likeness (QED) is 0.866. The molecule has 25 heavy (non-hydrogen) atoms. The molecule has 0 radical (unpaired) electrons. The van der Waals surface area contributed by atoms with Gasteiger partial charge in [0, 0.05) is 25.7 Å². The summed E-state index contributed by atoms with van der Waals surface area (Å²) in [6.07, 6.45) is 2.61. The van der Waals surface area contributed by atoms with Gasteiger partial charge < -0.3 is 15.1 Å². The molecule has 136 valence electrons. The van der Waals surface area contributed by atoms with Crippen LogP contribution in [-0.4, -0.2) is 47.4 Å². The molecular weight excluding hydrogens is 338 g/mol. The van der Waals surface area contributed by atoms with Crippen molar-refractivity contribution in [2.24, 2.45) is 5.41 Å². The topological polar surface area (TPSA) is 52.7 Å². The number of aryl methyl sites for hydroxylation is 1. The molecule has 2 fully saturated rings. The van der Waals surface area contributed by atoms with Crippen LogP contribution < -0.4 is 5.32 Å². The lowest BCUT2D eigenvalue weighted by atomic mass is 9.78. The van der Waals surface area contributed by atoms with Crippen LogP contribution >= 0.6 is 11.6 Å². The van der Waals surface area contributed by atoms with Crippen LogP contribution in [0.25, 0.3) is 0 Å². The van der Waals surface area contributed by atoms with E-state index in [4.69, 9.17) is 11.6 Å². The summed E-state index contributed by atoms with van der Waals surface area (Å²) in [7, 11) is 0. The number of rotatable bonds is 2. The van der Waals surface area contributed by atoms with Crippen molar-refractivity contribution in [2.45, 2.75) is 46.1 Å². The molecule has 0 unspecified atom stereocenters. The second-order valence-corrected chi connectivity index (χ2v) is 7.92. The standard InChI is InChI=1S/C19H26ClN3O2/c1-13(2)23-10-5-8-19(17(23)24)9-11-22(12-19)18(25)21-16-14(3)6-4-7-15(16)20/h4,6-7,13H,5,8-12H2,1-3H3,(H,21,25)/t19-/m0/s1. The first kappa shape index (κ1) is 18.1. The Hall–Kier alpha value is -1.75. The Kier molecular flexibility index (Phi) is 4.96. The SMILES string of the molecule is Cc1cccc(Cl)c1NC(=O)N1CC[C@@]2(CCCN(C(C)C)C2=O)C1. The molecule has 1 spiro atoms. The van der Waals surface area contributed by atoms with Crippen molar-refractivity contribution in [3.05, 3.63) is 28.8 Å². The van der Waals surface area contributed by atoms with Crippen LogP contribution in [0.3, 0.4) is 0 Å². The molecule has 2 saturated heterocycles. The highest BCUT2D eigenvalue weighted by molar-refractivity contribution is 6.33. The van der Waals surface area contributed by atoms with Gasteiger partial charge in [-0.25, -0.2) is 4.79 Å². The summed E-state index contributed by atoms with van der Waals surface area (Å²) in [6.45, 7) is 7.94. The zero-order chi connectivity index (χ0) is 18.2. The predicted octanol–water partition coefficient (Wildman–Crippen LogP) is 3.90. The Labute approximate surface area is 154 Å². The maximum absolute atomic E-state index is 13.0. The van der Waals surface area contributed by atoms with Crippen LogP contribution in [0, 0.1) is 12.3 Å². The van der Waals surface area contributed by atoms with Gasteiger partial charge in [-0.05, 0) is 51.7 Å². The molecule has 2 aliphatic rings. The lowest BCUT2D eigenvalue weighted by Crippen LogP contribution is -2.52.